The predicted molar refractivity (Wildman–Crippen MR) is 137 cm³/mol. The van der Waals surface area contributed by atoms with Crippen LogP contribution in [0.25, 0.3) is 0 Å². The molecule has 0 nitrogen and oxygen atoms in total. The Balaban J connectivity index is 0.000000257. The van der Waals surface area contributed by atoms with Crippen LogP contribution in [-0.2, 0) is 0 Å². The Morgan fingerprint density at radius 3 is 1.00 bits per heavy atom. The van der Waals surface area contributed by atoms with Crippen molar-refractivity contribution in [2.45, 2.75) is 0 Å². The summed E-state index contributed by atoms with van der Waals surface area (Å²) in [5.41, 5.74) is 0. The molecule has 0 fully saturated rings. The van der Waals surface area contributed by atoms with Crippen LogP contribution in [-0.4, -0.2) is 18.5 Å². The fourth-order valence-corrected chi connectivity index (χ4v) is 6.80. The van der Waals surface area contributed by atoms with Crippen LogP contribution in [0.2, 0.25) is 0 Å². The Kier molecular flexibility index (Phi) is 11.0. The lowest BCUT2D eigenvalue weighted by atomic mass is 10.4. The lowest BCUT2D eigenvalue weighted by Gasteiger charge is -2.18. The van der Waals surface area contributed by atoms with Gasteiger partial charge in [-0.2, -0.15) is 0 Å². The Morgan fingerprint density at radius 1 is 0.483 bits per heavy atom. The van der Waals surface area contributed by atoms with Gasteiger partial charge in [0.2, 0.25) is 0 Å². The molecule has 3 aromatic carbocycles. The first-order valence-electron chi connectivity index (χ1n) is 9.80. The van der Waals surface area contributed by atoms with E-state index < -0.39 is 7.92 Å². The predicted octanol–water partition coefficient (Wildman–Crippen LogP) is 6.47. The quantitative estimate of drug-likeness (QED) is 0.277. The van der Waals surface area contributed by atoms with E-state index in [0.29, 0.717) is 0 Å². The van der Waals surface area contributed by atoms with Crippen molar-refractivity contribution in [2.24, 2.45) is 0 Å². The first kappa shape index (κ1) is 23.0. The Labute approximate surface area is 179 Å². The number of benzene rings is 3. The number of rotatable bonds is 9. The molecule has 0 unspecified atom stereocenters. The molecule has 0 atom stereocenters. The monoisotopic (exact) mass is 416 g/mol. The maximum atomic E-state index is 3.71. The second kappa shape index (κ2) is 13.8. The van der Waals surface area contributed by atoms with Crippen molar-refractivity contribution < 1.29 is 0 Å². The third-order valence-electron chi connectivity index (χ3n) is 4.21. The van der Waals surface area contributed by atoms with Crippen molar-refractivity contribution >= 4 is 31.8 Å². The molecule has 0 aromatic heterocycles. The van der Waals surface area contributed by atoms with Crippen molar-refractivity contribution in [3.63, 3.8) is 0 Å². The Hall–Kier alpha value is -2.26. The first-order chi connectivity index (χ1) is 14.3. The lowest BCUT2D eigenvalue weighted by Crippen LogP contribution is -2.20. The van der Waals surface area contributed by atoms with E-state index in [-0.39, 0.29) is 7.92 Å². The van der Waals surface area contributed by atoms with Gasteiger partial charge in [-0.05, 0) is 42.3 Å². The highest BCUT2D eigenvalue weighted by Crippen LogP contribution is 2.34. The molecule has 0 saturated heterocycles. The molecule has 2 heteroatoms. The van der Waals surface area contributed by atoms with Gasteiger partial charge in [-0.3, -0.25) is 0 Å². The van der Waals surface area contributed by atoms with Crippen LogP contribution in [0.5, 0.6) is 0 Å². The van der Waals surface area contributed by atoms with Gasteiger partial charge in [-0.1, -0.05) is 117 Å². The van der Waals surface area contributed by atoms with Crippen LogP contribution in [0.3, 0.4) is 0 Å². The van der Waals surface area contributed by atoms with E-state index in [1.165, 1.54) is 15.9 Å². The highest BCUT2D eigenvalue weighted by atomic mass is 31.1. The molecule has 0 spiro atoms. The minimum atomic E-state index is -0.446. The van der Waals surface area contributed by atoms with Gasteiger partial charge < -0.3 is 0 Å². The number of allylic oxidation sites excluding steroid dienone is 3. The van der Waals surface area contributed by atoms with E-state index in [0.717, 1.165) is 18.5 Å². The molecule has 3 rings (SSSR count). The van der Waals surface area contributed by atoms with E-state index in [9.17, 15) is 0 Å². The summed E-state index contributed by atoms with van der Waals surface area (Å²) in [6.07, 6.45) is 9.35. The summed E-state index contributed by atoms with van der Waals surface area (Å²) in [6.45, 7) is 11.1. The van der Waals surface area contributed by atoms with Crippen LogP contribution < -0.4 is 15.9 Å². The van der Waals surface area contributed by atoms with Crippen LogP contribution in [0, 0.1) is 0 Å². The van der Waals surface area contributed by atoms with Crippen LogP contribution in [0.1, 0.15) is 0 Å². The smallest absolute Gasteiger partial charge is 0.0134 e. The lowest BCUT2D eigenvalue weighted by molar-refractivity contribution is 1.59. The molecule has 0 bridgehead atoms. The van der Waals surface area contributed by atoms with E-state index in [2.05, 4.69) is 111 Å². The molecule has 0 aliphatic heterocycles. The highest BCUT2D eigenvalue weighted by Gasteiger charge is 2.14. The fourth-order valence-electron chi connectivity index (χ4n) is 2.95. The number of hydrogen-bond acceptors (Lipinski definition) is 0. The van der Waals surface area contributed by atoms with Crippen molar-refractivity contribution in [3.8, 4) is 0 Å². The molecule has 0 aliphatic carbocycles. The van der Waals surface area contributed by atoms with Crippen molar-refractivity contribution in [1.82, 2.24) is 0 Å². The third-order valence-corrected chi connectivity index (χ3v) is 8.97. The third kappa shape index (κ3) is 7.94. The zero-order chi connectivity index (χ0) is 20.7. The average molecular weight is 416 g/mol. The Morgan fingerprint density at radius 2 is 0.759 bits per heavy atom. The SMILES string of the molecule is C=CCP(CC=C)CC=C.c1ccc(P(c2ccccc2)c2ccccc2)cc1. The van der Waals surface area contributed by atoms with Crippen molar-refractivity contribution in [3.05, 3.63) is 129 Å². The van der Waals surface area contributed by atoms with Crippen molar-refractivity contribution in [2.75, 3.05) is 18.5 Å². The average Bonchev–Trinajstić information content (AvgIpc) is 2.77. The maximum Gasteiger partial charge on any atom is -0.0134 e. The highest BCUT2D eigenvalue weighted by molar-refractivity contribution is 7.79. The zero-order valence-corrected chi connectivity index (χ0v) is 18.8. The summed E-state index contributed by atoms with van der Waals surface area (Å²) in [5, 5.41) is 4.19. The molecule has 0 amide bonds. The molecule has 29 heavy (non-hydrogen) atoms. The summed E-state index contributed by atoms with van der Waals surface area (Å²) in [5.74, 6) is 0. The summed E-state index contributed by atoms with van der Waals surface area (Å²) < 4.78 is 0. The molecule has 0 saturated carbocycles. The molecule has 0 aliphatic rings. The molecule has 3 aromatic rings. The van der Waals surface area contributed by atoms with Gasteiger partial charge in [0.15, 0.2) is 0 Å². The minimum Gasteiger partial charge on any atom is -0.103 e. The Bertz CT molecular complexity index is 724. The molecule has 0 radical (unpaired) electrons. The standard InChI is InChI=1S/C18H15P.C9H15P/c1-4-10-16(11-5-1)19(17-12-6-2-7-13-17)18-14-8-3-9-15-18;1-4-7-10(8-5-2)9-6-3/h1-15H;4-6H,1-3,7-9H2. The fraction of sp³-hybridized carbons (Fsp3) is 0.111. The normalized spacial score (nSPS) is 10.1. The van der Waals surface area contributed by atoms with Crippen LogP contribution in [0.15, 0.2) is 129 Å². The summed E-state index contributed by atoms with van der Waals surface area (Å²) in [7, 11) is -0.361. The van der Waals surface area contributed by atoms with Gasteiger partial charge in [-0.25, -0.2) is 0 Å². The number of hydrogen-bond donors (Lipinski definition) is 0. The van der Waals surface area contributed by atoms with Gasteiger partial charge >= 0.3 is 0 Å². The summed E-state index contributed by atoms with van der Waals surface area (Å²) in [6, 6.07) is 32.3. The first-order valence-corrected chi connectivity index (χ1v) is 13.0. The second-order valence-electron chi connectivity index (χ2n) is 6.43. The minimum absolute atomic E-state index is 0.0849. The van der Waals surface area contributed by atoms with E-state index in [1.807, 2.05) is 18.2 Å². The van der Waals surface area contributed by atoms with Crippen molar-refractivity contribution in [1.29, 1.82) is 0 Å². The van der Waals surface area contributed by atoms with Gasteiger partial charge in [-0.15, -0.1) is 19.7 Å². The maximum absolute atomic E-state index is 3.71. The molecule has 148 valence electrons. The molecule has 0 heterocycles. The molecule has 0 N–H and O–H groups in total. The van der Waals surface area contributed by atoms with Crippen LogP contribution in [0.4, 0.5) is 0 Å². The molecular formula is C27H30P2. The van der Waals surface area contributed by atoms with Gasteiger partial charge in [0.1, 0.15) is 0 Å². The zero-order valence-electron chi connectivity index (χ0n) is 17.0. The van der Waals surface area contributed by atoms with Crippen LogP contribution >= 0.6 is 15.8 Å². The summed E-state index contributed by atoms with van der Waals surface area (Å²) in [4.78, 5) is 0. The van der Waals surface area contributed by atoms with Gasteiger partial charge in [0.25, 0.3) is 0 Å². The largest absolute Gasteiger partial charge is 0.103 e. The van der Waals surface area contributed by atoms with Gasteiger partial charge in [0, 0.05) is 0 Å². The van der Waals surface area contributed by atoms with E-state index in [4.69, 9.17) is 0 Å². The van der Waals surface area contributed by atoms with Gasteiger partial charge in [0.05, 0.1) is 0 Å². The topological polar surface area (TPSA) is 0 Å². The summed E-state index contributed by atoms with van der Waals surface area (Å²) >= 11 is 0. The second-order valence-corrected chi connectivity index (χ2v) is 11.1. The van der Waals surface area contributed by atoms with E-state index in [1.54, 1.807) is 0 Å². The van der Waals surface area contributed by atoms with E-state index >= 15 is 0 Å². The molecular weight excluding hydrogens is 386 g/mol.